The molecule has 2 heterocycles. The van der Waals surface area contributed by atoms with Gasteiger partial charge in [-0.1, -0.05) is 18.2 Å². The number of aromatic amines is 1. The summed E-state index contributed by atoms with van der Waals surface area (Å²) >= 11 is 0. The molecule has 3 heteroatoms. The summed E-state index contributed by atoms with van der Waals surface area (Å²) in [6.45, 7) is 3.34. The van der Waals surface area contributed by atoms with E-state index in [1.165, 1.54) is 35.0 Å². The number of H-pyrrole nitrogens is 1. The van der Waals surface area contributed by atoms with E-state index in [0.717, 1.165) is 6.54 Å². The number of rotatable bonds is 3. The molecule has 2 atom stereocenters. The monoisotopic (exact) mass is 257 g/mol. The fourth-order valence-electron chi connectivity index (χ4n) is 3.48. The first-order chi connectivity index (χ1) is 9.18. The van der Waals surface area contributed by atoms with Crippen LogP contribution >= 0.6 is 0 Å². The third-order valence-electron chi connectivity index (χ3n) is 4.28. The van der Waals surface area contributed by atoms with Crippen LogP contribution in [0.5, 0.6) is 0 Å². The van der Waals surface area contributed by atoms with Gasteiger partial charge in [0.1, 0.15) is 0 Å². The van der Waals surface area contributed by atoms with E-state index in [9.17, 15) is 0 Å². The summed E-state index contributed by atoms with van der Waals surface area (Å²) in [4.78, 5) is 5.88. The van der Waals surface area contributed by atoms with Crippen molar-refractivity contribution in [1.82, 2.24) is 15.2 Å². The molecule has 0 amide bonds. The topological polar surface area (TPSA) is 31.1 Å². The number of para-hydroxylation sites is 1. The van der Waals surface area contributed by atoms with Crippen LogP contribution in [0, 0.1) is 6.92 Å². The van der Waals surface area contributed by atoms with Crippen molar-refractivity contribution in [1.29, 1.82) is 0 Å². The molecule has 2 N–H and O–H groups in total. The Morgan fingerprint density at radius 1 is 1.26 bits per heavy atom. The maximum absolute atomic E-state index is 3.66. The predicted molar refractivity (Wildman–Crippen MR) is 80.5 cm³/mol. The van der Waals surface area contributed by atoms with E-state index in [2.05, 4.69) is 60.5 Å². The number of nitrogens with one attached hydrogen (secondary N) is 2. The van der Waals surface area contributed by atoms with Gasteiger partial charge >= 0.3 is 0 Å². The van der Waals surface area contributed by atoms with Crippen LogP contribution in [0.15, 0.2) is 24.3 Å². The van der Waals surface area contributed by atoms with Crippen molar-refractivity contribution in [3.63, 3.8) is 0 Å². The number of nitrogens with zero attached hydrogens (tertiary/aromatic N) is 1. The predicted octanol–water partition coefficient (Wildman–Crippen LogP) is 2.83. The quantitative estimate of drug-likeness (QED) is 0.886. The fraction of sp³-hybridized carbons (Fsp3) is 0.500. The first-order valence-electron chi connectivity index (χ1n) is 7.15. The van der Waals surface area contributed by atoms with Crippen LogP contribution < -0.4 is 5.32 Å². The Morgan fingerprint density at radius 2 is 2.05 bits per heavy atom. The molecular weight excluding hydrogens is 234 g/mol. The minimum Gasteiger partial charge on any atom is -0.358 e. The molecule has 0 bridgehead atoms. The van der Waals surface area contributed by atoms with Gasteiger partial charge in [0.15, 0.2) is 0 Å². The van der Waals surface area contributed by atoms with E-state index < -0.39 is 0 Å². The Morgan fingerprint density at radius 3 is 2.74 bits per heavy atom. The highest BCUT2D eigenvalue weighted by Crippen LogP contribution is 2.34. The second-order valence-corrected chi connectivity index (χ2v) is 5.82. The molecule has 3 rings (SSSR count). The Labute approximate surface area is 115 Å². The number of hydrogen-bond donors (Lipinski definition) is 2. The Bertz CT molecular complexity index is 564. The summed E-state index contributed by atoms with van der Waals surface area (Å²) < 4.78 is 0. The SMILES string of the molecule is Cc1[nH]c2ccccc2c1C(C1CCCN1)N(C)C. The van der Waals surface area contributed by atoms with Gasteiger partial charge in [0.05, 0.1) is 6.04 Å². The van der Waals surface area contributed by atoms with Gasteiger partial charge in [0, 0.05) is 22.6 Å². The van der Waals surface area contributed by atoms with Crippen molar-refractivity contribution in [3.8, 4) is 0 Å². The summed E-state index contributed by atoms with van der Waals surface area (Å²) in [7, 11) is 4.37. The molecule has 0 spiro atoms. The average Bonchev–Trinajstić information content (AvgIpc) is 2.99. The van der Waals surface area contributed by atoms with E-state index in [1.807, 2.05) is 0 Å². The standard InChI is InChI=1S/C16H23N3/c1-11-15(12-7-4-5-8-13(12)18-11)16(19(2)3)14-9-6-10-17-14/h4-5,7-8,14,16-18H,6,9-10H2,1-3H3. The van der Waals surface area contributed by atoms with Crippen LogP contribution in [-0.4, -0.2) is 36.6 Å². The minimum absolute atomic E-state index is 0.443. The minimum atomic E-state index is 0.443. The van der Waals surface area contributed by atoms with Crippen molar-refractivity contribution in [3.05, 3.63) is 35.5 Å². The summed E-state index contributed by atoms with van der Waals surface area (Å²) in [5, 5.41) is 5.03. The molecule has 1 saturated heterocycles. The molecular formula is C16H23N3. The molecule has 1 aliphatic rings. The van der Waals surface area contributed by atoms with Gasteiger partial charge in [-0.05, 0) is 52.0 Å². The second-order valence-electron chi connectivity index (χ2n) is 5.82. The lowest BCUT2D eigenvalue weighted by Gasteiger charge is -2.30. The largest absolute Gasteiger partial charge is 0.358 e. The molecule has 1 fully saturated rings. The average molecular weight is 257 g/mol. The maximum atomic E-state index is 3.66. The summed E-state index contributed by atoms with van der Waals surface area (Å²) in [5.41, 5.74) is 4.01. The number of hydrogen-bond acceptors (Lipinski definition) is 2. The van der Waals surface area contributed by atoms with Gasteiger partial charge in [0.2, 0.25) is 0 Å². The van der Waals surface area contributed by atoms with E-state index >= 15 is 0 Å². The van der Waals surface area contributed by atoms with Gasteiger partial charge in [-0.15, -0.1) is 0 Å². The van der Waals surface area contributed by atoms with E-state index in [1.54, 1.807) is 0 Å². The van der Waals surface area contributed by atoms with Gasteiger partial charge in [-0.25, -0.2) is 0 Å². The van der Waals surface area contributed by atoms with Crippen molar-refractivity contribution >= 4 is 10.9 Å². The summed E-state index contributed by atoms with van der Waals surface area (Å²) in [5.74, 6) is 0. The molecule has 19 heavy (non-hydrogen) atoms. The van der Waals surface area contributed by atoms with Gasteiger partial charge < -0.3 is 15.2 Å². The van der Waals surface area contributed by atoms with Crippen LogP contribution in [0.3, 0.4) is 0 Å². The smallest absolute Gasteiger partial charge is 0.0519 e. The van der Waals surface area contributed by atoms with Crippen LogP contribution in [-0.2, 0) is 0 Å². The number of likely N-dealkylation sites (N-methyl/N-ethyl adjacent to an activating group) is 1. The van der Waals surface area contributed by atoms with Gasteiger partial charge in [0.25, 0.3) is 0 Å². The van der Waals surface area contributed by atoms with Crippen LogP contribution in [0.4, 0.5) is 0 Å². The number of benzene rings is 1. The summed E-state index contributed by atoms with van der Waals surface area (Å²) in [6.07, 6.45) is 2.55. The zero-order valence-electron chi connectivity index (χ0n) is 12.0. The highest BCUT2D eigenvalue weighted by molar-refractivity contribution is 5.85. The second kappa shape index (κ2) is 4.99. The third kappa shape index (κ3) is 2.17. The van der Waals surface area contributed by atoms with Crippen LogP contribution in [0.1, 0.15) is 30.1 Å². The maximum Gasteiger partial charge on any atom is 0.0519 e. The molecule has 1 aliphatic heterocycles. The molecule has 1 aromatic heterocycles. The Kier molecular flexibility index (Phi) is 3.33. The molecule has 0 aliphatic carbocycles. The number of aryl methyl sites for hydroxylation is 1. The Balaban J connectivity index is 2.11. The van der Waals surface area contributed by atoms with Crippen LogP contribution in [0.2, 0.25) is 0 Å². The zero-order chi connectivity index (χ0) is 13.4. The normalized spacial score (nSPS) is 21.4. The van der Waals surface area contributed by atoms with Crippen LogP contribution in [0.25, 0.3) is 10.9 Å². The fourth-order valence-corrected chi connectivity index (χ4v) is 3.48. The highest BCUT2D eigenvalue weighted by Gasteiger charge is 2.30. The highest BCUT2D eigenvalue weighted by atomic mass is 15.1. The van der Waals surface area contributed by atoms with Crippen molar-refractivity contribution in [2.24, 2.45) is 0 Å². The lowest BCUT2D eigenvalue weighted by atomic mass is 9.94. The van der Waals surface area contributed by atoms with Crippen molar-refractivity contribution in [2.45, 2.75) is 31.8 Å². The lowest BCUT2D eigenvalue weighted by molar-refractivity contribution is 0.245. The molecule has 2 unspecified atom stereocenters. The molecule has 0 radical (unpaired) electrons. The van der Waals surface area contributed by atoms with Crippen molar-refractivity contribution < 1.29 is 0 Å². The summed E-state index contributed by atoms with van der Waals surface area (Å²) in [6, 6.07) is 9.64. The molecule has 1 aromatic carbocycles. The molecule has 3 nitrogen and oxygen atoms in total. The first-order valence-corrected chi connectivity index (χ1v) is 7.15. The number of fused-ring (bicyclic) bond motifs is 1. The molecule has 0 saturated carbocycles. The van der Waals surface area contributed by atoms with E-state index in [0.29, 0.717) is 12.1 Å². The van der Waals surface area contributed by atoms with E-state index in [-0.39, 0.29) is 0 Å². The first kappa shape index (κ1) is 12.7. The van der Waals surface area contributed by atoms with Gasteiger partial charge in [-0.3, -0.25) is 0 Å². The third-order valence-corrected chi connectivity index (χ3v) is 4.28. The zero-order valence-corrected chi connectivity index (χ0v) is 12.0. The molecule has 2 aromatic rings. The lowest BCUT2D eigenvalue weighted by Crippen LogP contribution is -2.37. The van der Waals surface area contributed by atoms with E-state index in [4.69, 9.17) is 0 Å². The van der Waals surface area contributed by atoms with Crippen molar-refractivity contribution in [2.75, 3.05) is 20.6 Å². The molecule has 102 valence electrons. The number of aromatic nitrogens is 1. The van der Waals surface area contributed by atoms with Gasteiger partial charge in [-0.2, -0.15) is 0 Å². The Hall–Kier alpha value is -1.32.